The van der Waals surface area contributed by atoms with Crippen LogP contribution < -0.4 is 5.32 Å². The highest BCUT2D eigenvalue weighted by molar-refractivity contribution is 4.77. The molecule has 1 N–H and O–H groups in total. The predicted molar refractivity (Wildman–Crippen MR) is 71.8 cm³/mol. The monoisotopic (exact) mass is 226 g/mol. The second kappa shape index (κ2) is 6.61. The van der Waals surface area contributed by atoms with Crippen LogP contribution in [0, 0.1) is 5.41 Å². The van der Waals surface area contributed by atoms with E-state index in [0.29, 0.717) is 5.41 Å². The summed E-state index contributed by atoms with van der Waals surface area (Å²) >= 11 is 0. The highest BCUT2D eigenvalue weighted by Gasteiger charge is 2.19. The highest BCUT2D eigenvalue weighted by Crippen LogP contribution is 2.20. The van der Waals surface area contributed by atoms with Gasteiger partial charge in [-0.2, -0.15) is 0 Å². The Morgan fingerprint density at radius 1 is 1.19 bits per heavy atom. The summed E-state index contributed by atoms with van der Waals surface area (Å²) in [6, 6.07) is 0.783. The smallest absolute Gasteiger partial charge is 0.00914 e. The van der Waals surface area contributed by atoms with Crippen LogP contribution in [-0.2, 0) is 0 Å². The molecular formula is C14H30N2. The first kappa shape index (κ1) is 14.0. The summed E-state index contributed by atoms with van der Waals surface area (Å²) in [7, 11) is 0. The SMILES string of the molecule is CCCNC1CCN(CCC(C)(C)C)CC1. The van der Waals surface area contributed by atoms with Crippen molar-refractivity contribution in [2.75, 3.05) is 26.2 Å². The Balaban J connectivity index is 2.12. The molecule has 1 aliphatic heterocycles. The zero-order valence-corrected chi connectivity index (χ0v) is 11.7. The van der Waals surface area contributed by atoms with Gasteiger partial charge < -0.3 is 10.2 Å². The lowest BCUT2D eigenvalue weighted by molar-refractivity contribution is 0.174. The maximum absolute atomic E-state index is 3.64. The van der Waals surface area contributed by atoms with E-state index in [9.17, 15) is 0 Å². The van der Waals surface area contributed by atoms with E-state index in [4.69, 9.17) is 0 Å². The van der Waals surface area contributed by atoms with E-state index in [1.807, 2.05) is 0 Å². The third-order valence-electron chi connectivity index (χ3n) is 3.45. The van der Waals surface area contributed by atoms with Crippen LogP contribution in [0.5, 0.6) is 0 Å². The lowest BCUT2D eigenvalue weighted by Gasteiger charge is -2.34. The Morgan fingerprint density at radius 3 is 2.31 bits per heavy atom. The van der Waals surface area contributed by atoms with E-state index < -0.39 is 0 Å². The van der Waals surface area contributed by atoms with Gasteiger partial charge in [-0.15, -0.1) is 0 Å². The number of hydrogen-bond acceptors (Lipinski definition) is 2. The molecule has 0 aromatic carbocycles. The van der Waals surface area contributed by atoms with E-state index >= 15 is 0 Å². The molecule has 0 aliphatic carbocycles. The maximum Gasteiger partial charge on any atom is 0.00914 e. The average molecular weight is 226 g/mol. The predicted octanol–water partition coefficient (Wildman–Crippen LogP) is 2.89. The highest BCUT2D eigenvalue weighted by atomic mass is 15.1. The zero-order valence-electron chi connectivity index (χ0n) is 11.7. The van der Waals surface area contributed by atoms with Crippen molar-refractivity contribution in [1.82, 2.24) is 10.2 Å². The molecule has 0 aromatic heterocycles. The van der Waals surface area contributed by atoms with Gasteiger partial charge in [0.2, 0.25) is 0 Å². The van der Waals surface area contributed by atoms with E-state index in [0.717, 1.165) is 6.04 Å². The molecule has 0 spiro atoms. The summed E-state index contributed by atoms with van der Waals surface area (Å²) < 4.78 is 0. The topological polar surface area (TPSA) is 15.3 Å². The molecule has 96 valence electrons. The van der Waals surface area contributed by atoms with Crippen molar-refractivity contribution in [3.8, 4) is 0 Å². The van der Waals surface area contributed by atoms with Crippen LogP contribution in [-0.4, -0.2) is 37.1 Å². The number of nitrogens with one attached hydrogen (secondary N) is 1. The van der Waals surface area contributed by atoms with Crippen LogP contribution in [0.2, 0.25) is 0 Å². The molecule has 0 aromatic rings. The molecule has 0 unspecified atom stereocenters. The molecule has 16 heavy (non-hydrogen) atoms. The first-order chi connectivity index (χ1) is 7.51. The fraction of sp³-hybridized carbons (Fsp3) is 1.00. The van der Waals surface area contributed by atoms with Crippen molar-refractivity contribution in [3.63, 3.8) is 0 Å². The van der Waals surface area contributed by atoms with Crippen molar-refractivity contribution in [1.29, 1.82) is 0 Å². The Morgan fingerprint density at radius 2 is 1.81 bits per heavy atom. The van der Waals surface area contributed by atoms with Gasteiger partial charge in [0.05, 0.1) is 0 Å². The van der Waals surface area contributed by atoms with Crippen LogP contribution in [0.3, 0.4) is 0 Å². The van der Waals surface area contributed by atoms with Crippen molar-refractivity contribution >= 4 is 0 Å². The Hall–Kier alpha value is -0.0800. The summed E-state index contributed by atoms with van der Waals surface area (Å²) in [5, 5.41) is 3.64. The van der Waals surface area contributed by atoms with Crippen LogP contribution in [0.1, 0.15) is 53.4 Å². The number of piperidine rings is 1. The van der Waals surface area contributed by atoms with Gasteiger partial charge in [0.25, 0.3) is 0 Å². The fourth-order valence-corrected chi connectivity index (χ4v) is 2.20. The van der Waals surface area contributed by atoms with Gasteiger partial charge in [-0.1, -0.05) is 27.7 Å². The molecule has 2 heteroatoms. The van der Waals surface area contributed by atoms with Crippen molar-refractivity contribution in [2.45, 2.75) is 59.4 Å². The van der Waals surface area contributed by atoms with Gasteiger partial charge in [-0.3, -0.25) is 0 Å². The quantitative estimate of drug-likeness (QED) is 0.775. The minimum absolute atomic E-state index is 0.483. The molecule has 0 radical (unpaired) electrons. The molecule has 0 bridgehead atoms. The molecule has 1 rings (SSSR count). The molecule has 1 fully saturated rings. The van der Waals surface area contributed by atoms with Crippen molar-refractivity contribution < 1.29 is 0 Å². The molecule has 1 saturated heterocycles. The van der Waals surface area contributed by atoms with Gasteiger partial charge in [-0.25, -0.2) is 0 Å². The van der Waals surface area contributed by atoms with Gasteiger partial charge in [0.15, 0.2) is 0 Å². The van der Waals surface area contributed by atoms with Crippen molar-refractivity contribution in [3.05, 3.63) is 0 Å². The molecule has 0 atom stereocenters. The summed E-state index contributed by atoms with van der Waals surface area (Å²) in [6.45, 7) is 14.3. The normalized spacial score (nSPS) is 20.2. The first-order valence-electron chi connectivity index (χ1n) is 6.97. The minimum atomic E-state index is 0.483. The lowest BCUT2D eigenvalue weighted by atomic mass is 9.91. The third kappa shape index (κ3) is 5.86. The number of hydrogen-bond donors (Lipinski definition) is 1. The van der Waals surface area contributed by atoms with Crippen LogP contribution in [0.15, 0.2) is 0 Å². The standard InChI is InChI=1S/C14H30N2/c1-5-9-15-13-6-10-16(11-7-13)12-8-14(2,3)4/h13,15H,5-12H2,1-4H3. The first-order valence-corrected chi connectivity index (χ1v) is 6.97. The lowest BCUT2D eigenvalue weighted by Crippen LogP contribution is -2.43. The van der Waals surface area contributed by atoms with Gasteiger partial charge in [0.1, 0.15) is 0 Å². The van der Waals surface area contributed by atoms with Gasteiger partial charge in [0, 0.05) is 6.04 Å². The molecule has 1 heterocycles. The number of nitrogens with zero attached hydrogens (tertiary/aromatic N) is 1. The maximum atomic E-state index is 3.64. The minimum Gasteiger partial charge on any atom is -0.314 e. The molecule has 1 aliphatic rings. The molecule has 2 nitrogen and oxygen atoms in total. The van der Waals surface area contributed by atoms with Gasteiger partial charge >= 0.3 is 0 Å². The van der Waals surface area contributed by atoms with Crippen LogP contribution in [0.25, 0.3) is 0 Å². The second-order valence-corrected chi connectivity index (χ2v) is 6.38. The average Bonchev–Trinajstić information content (AvgIpc) is 2.24. The van der Waals surface area contributed by atoms with Crippen LogP contribution in [0.4, 0.5) is 0 Å². The Labute approximate surface area is 102 Å². The second-order valence-electron chi connectivity index (χ2n) is 6.38. The summed E-state index contributed by atoms with van der Waals surface area (Å²) in [6.07, 6.45) is 5.25. The Bertz CT molecular complexity index is 176. The summed E-state index contributed by atoms with van der Waals surface area (Å²) in [4.78, 5) is 2.63. The fourth-order valence-electron chi connectivity index (χ4n) is 2.20. The van der Waals surface area contributed by atoms with Crippen LogP contribution >= 0.6 is 0 Å². The number of likely N-dealkylation sites (tertiary alicyclic amines) is 1. The molecule has 0 amide bonds. The van der Waals surface area contributed by atoms with E-state index in [2.05, 4.69) is 37.9 Å². The van der Waals surface area contributed by atoms with E-state index in [1.165, 1.54) is 51.9 Å². The third-order valence-corrected chi connectivity index (χ3v) is 3.45. The van der Waals surface area contributed by atoms with E-state index in [1.54, 1.807) is 0 Å². The molecular weight excluding hydrogens is 196 g/mol. The van der Waals surface area contributed by atoms with E-state index in [-0.39, 0.29) is 0 Å². The number of rotatable bonds is 5. The summed E-state index contributed by atoms with van der Waals surface area (Å²) in [5.41, 5.74) is 0.483. The Kier molecular flexibility index (Phi) is 5.77. The summed E-state index contributed by atoms with van der Waals surface area (Å²) in [5.74, 6) is 0. The van der Waals surface area contributed by atoms with Crippen molar-refractivity contribution in [2.24, 2.45) is 5.41 Å². The van der Waals surface area contributed by atoms with Gasteiger partial charge in [-0.05, 0) is 57.3 Å². The zero-order chi connectivity index (χ0) is 12.0. The molecule has 0 saturated carbocycles. The largest absolute Gasteiger partial charge is 0.314 e.